The van der Waals surface area contributed by atoms with Gasteiger partial charge >= 0.3 is 0 Å². The van der Waals surface area contributed by atoms with Crippen LogP contribution in [0.1, 0.15) is 16.7 Å². The number of nitrogens with zero attached hydrogens (tertiary/aromatic N) is 4. The number of rotatable bonds is 5. The van der Waals surface area contributed by atoms with E-state index in [2.05, 4.69) is 45.1 Å². The molecule has 24 heavy (non-hydrogen) atoms. The molecule has 0 spiro atoms. The molecule has 0 N–H and O–H groups in total. The van der Waals surface area contributed by atoms with Crippen molar-refractivity contribution in [3.63, 3.8) is 0 Å². The van der Waals surface area contributed by atoms with E-state index in [4.69, 9.17) is 5.26 Å². The highest BCUT2D eigenvalue weighted by Crippen LogP contribution is 2.09. The molecule has 122 valence electrons. The van der Waals surface area contributed by atoms with Gasteiger partial charge < -0.3 is 0 Å². The van der Waals surface area contributed by atoms with Crippen LogP contribution >= 0.6 is 0 Å². The molecule has 0 atom stereocenters. The molecule has 0 saturated carbocycles. The molecule has 4 nitrogen and oxygen atoms in total. The minimum absolute atomic E-state index is 0.706. The van der Waals surface area contributed by atoms with Crippen LogP contribution < -0.4 is 0 Å². The summed E-state index contributed by atoms with van der Waals surface area (Å²) in [4.78, 5) is 9.04. The molecule has 0 bridgehead atoms. The Morgan fingerprint density at radius 3 is 2.29 bits per heavy atom. The maximum Gasteiger partial charge on any atom is 0.0991 e. The highest BCUT2D eigenvalue weighted by atomic mass is 15.3. The minimum atomic E-state index is 0.706. The summed E-state index contributed by atoms with van der Waals surface area (Å²) >= 11 is 0. The first-order chi connectivity index (χ1) is 11.8. The highest BCUT2D eigenvalue weighted by Gasteiger charge is 2.15. The lowest BCUT2D eigenvalue weighted by Crippen LogP contribution is -2.45. The summed E-state index contributed by atoms with van der Waals surface area (Å²) in [5, 5.41) is 8.81. The van der Waals surface area contributed by atoms with Gasteiger partial charge in [-0.25, -0.2) is 0 Å². The summed E-state index contributed by atoms with van der Waals surface area (Å²) in [6.45, 7) is 6.40. The summed E-state index contributed by atoms with van der Waals surface area (Å²) < 4.78 is 0. The second-order valence-corrected chi connectivity index (χ2v) is 6.07. The first kappa shape index (κ1) is 16.4. The Kier molecular flexibility index (Phi) is 5.73. The Labute approximate surface area is 143 Å². The zero-order chi connectivity index (χ0) is 16.6. The van der Waals surface area contributed by atoms with Crippen molar-refractivity contribution in [1.82, 2.24) is 14.8 Å². The molecular weight excluding hydrogens is 296 g/mol. The fourth-order valence-electron chi connectivity index (χ4n) is 2.88. The Balaban J connectivity index is 1.42. The third-order valence-corrected chi connectivity index (χ3v) is 4.33. The second-order valence-electron chi connectivity index (χ2n) is 6.07. The van der Waals surface area contributed by atoms with Gasteiger partial charge in [-0.1, -0.05) is 24.3 Å². The van der Waals surface area contributed by atoms with E-state index in [9.17, 15) is 0 Å². The van der Waals surface area contributed by atoms with Crippen LogP contribution in [0.4, 0.5) is 0 Å². The molecule has 0 aliphatic carbocycles. The number of nitriles is 1. The van der Waals surface area contributed by atoms with Crippen LogP contribution in [0.5, 0.6) is 0 Å². The molecule has 2 aromatic rings. The molecule has 0 radical (unpaired) electrons. The monoisotopic (exact) mass is 318 g/mol. The van der Waals surface area contributed by atoms with Crippen LogP contribution in [-0.2, 0) is 6.54 Å². The Morgan fingerprint density at radius 2 is 1.62 bits per heavy atom. The van der Waals surface area contributed by atoms with Crippen molar-refractivity contribution in [2.24, 2.45) is 0 Å². The van der Waals surface area contributed by atoms with E-state index in [0.29, 0.717) is 5.56 Å². The lowest BCUT2D eigenvalue weighted by molar-refractivity contribution is 0.137. The van der Waals surface area contributed by atoms with Crippen LogP contribution in [0.2, 0.25) is 0 Å². The zero-order valence-electron chi connectivity index (χ0n) is 13.8. The highest BCUT2D eigenvalue weighted by molar-refractivity contribution is 5.51. The Bertz CT molecular complexity index is 693. The van der Waals surface area contributed by atoms with E-state index < -0.39 is 0 Å². The number of piperazine rings is 1. The predicted octanol–water partition coefficient (Wildman–Crippen LogP) is 2.78. The predicted molar refractivity (Wildman–Crippen MR) is 96.1 cm³/mol. The molecule has 0 amide bonds. The van der Waals surface area contributed by atoms with Gasteiger partial charge in [0.1, 0.15) is 0 Å². The lowest BCUT2D eigenvalue weighted by atomic mass is 10.1. The Hall–Kier alpha value is -2.48. The van der Waals surface area contributed by atoms with Crippen molar-refractivity contribution in [2.75, 3.05) is 32.7 Å². The summed E-state index contributed by atoms with van der Waals surface area (Å²) in [5.41, 5.74) is 3.18. The topological polar surface area (TPSA) is 43.2 Å². The zero-order valence-corrected chi connectivity index (χ0v) is 13.8. The van der Waals surface area contributed by atoms with Gasteiger partial charge in [0.25, 0.3) is 0 Å². The fourth-order valence-corrected chi connectivity index (χ4v) is 2.88. The van der Waals surface area contributed by atoms with E-state index in [1.54, 1.807) is 0 Å². The van der Waals surface area contributed by atoms with Crippen molar-refractivity contribution in [3.8, 4) is 6.07 Å². The molecule has 3 rings (SSSR count). The lowest BCUT2D eigenvalue weighted by Gasteiger charge is -2.34. The third-order valence-electron chi connectivity index (χ3n) is 4.33. The van der Waals surface area contributed by atoms with Crippen LogP contribution in [0.25, 0.3) is 6.08 Å². The van der Waals surface area contributed by atoms with Gasteiger partial charge in [0.15, 0.2) is 0 Å². The van der Waals surface area contributed by atoms with Crippen LogP contribution in [0, 0.1) is 11.3 Å². The van der Waals surface area contributed by atoms with Gasteiger partial charge in [-0.15, -0.1) is 0 Å². The SMILES string of the molecule is N#Cc1ccc(/C=C/CN2CCN(Cc3ccncc3)CC2)cc1. The second kappa shape index (κ2) is 8.39. The first-order valence-electron chi connectivity index (χ1n) is 8.34. The molecule has 1 fully saturated rings. The van der Waals surface area contributed by atoms with Gasteiger partial charge in [-0.2, -0.15) is 5.26 Å². The molecular formula is C20H22N4. The summed E-state index contributed by atoms with van der Waals surface area (Å²) in [5.74, 6) is 0. The van der Waals surface area contributed by atoms with Crippen LogP contribution in [-0.4, -0.2) is 47.5 Å². The van der Waals surface area contributed by atoms with Crippen molar-refractivity contribution in [3.05, 3.63) is 71.6 Å². The number of hydrogen-bond acceptors (Lipinski definition) is 4. The molecule has 1 aromatic carbocycles. The molecule has 1 aromatic heterocycles. The summed E-state index contributed by atoms with van der Waals surface area (Å²) in [6.07, 6.45) is 8.06. The molecule has 1 aliphatic heterocycles. The maximum atomic E-state index is 8.81. The number of aromatic nitrogens is 1. The maximum absolute atomic E-state index is 8.81. The molecule has 1 saturated heterocycles. The fraction of sp³-hybridized carbons (Fsp3) is 0.300. The summed E-state index contributed by atoms with van der Waals surface area (Å²) in [6, 6.07) is 14.0. The van der Waals surface area contributed by atoms with Gasteiger partial charge in [0, 0.05) is 51.7 Å². The average molecular weight is 318 g/mol. The first-order valence-corrected chi connectivity index (χ1v) is 8.34. The molecule has 1 aliphatic rings. The van der Waals surface area contributed by atoms with Gasteiger partial charge in [-0.3, -0.25) is 14.8 Å². The molecule has 4 heteroatoms. The Morgan fingerprint density at radius 1 is 0.958 bits per heavy atom. The largest absolute Gasteiger partial charge is 0.297 e. The normalized spacial score (nSPS) is 16.3. The standard InChI is InChI=1S/C20H22N4/c21-16-19-5-3-18(4-6-19)2-1-11-23-12-14-24(15-13-23)17-20-7-9-22-10-8-20/h1-10H,11-15,17H2/b2-1+. The van der Waals surface area contributed by atoms with E-state index in [-0.39, 0.29) is 0 Å². The van der Waals surface area contributed by atoms with Crippen molar-refractivity contribution in [2.45, 2.75) is 6.54 Å². The third kappa shape index (κ3) is 4.76. The number of pyridine rings is 1. The number of benzene rings is 1. The van der Waals surface area contributed by atoms with E-state index >= 15 is 0 Å². The van der Waals surface area contributed by atoms with E-state index in [1.807, 2.05) is 36.7 Å². The smallest absolute Gasteiger partial charge is 0.0991 e. The van der Waals surface area contributed by atoms with Gasteiger partial charge in [0.05, 0.1) is 11.6 Å². The minimum Gasteiger partial charge on any atom is -0.297 e. The van der Waals surface area contributed by atoms with E-state index in [1.165, 1.54) is 5.56 Å². The van der Waals surface area contributed by atoms with Crippen LogP contribution in [0.15, 0.2) is 54.9 Å². The van der Waals surface area contributed by atoms with Crippen molar-refractivity contribution in [1.29, 1.82) is 5.26 Å². The van der Waals surface area contributed by atoms with Crippen molar-refractivity contribution < 1.29 is 0 Å². The quantitative estimate of drug-likeness (QED) is 0.850. The van der Waals surface area contributed by atoms with Crippen molar-refractivity contribution >= 4 is 6.08 Å². The van der Waals surface area contributed by atoms with E-state index in [0.717, 1.165) is 44.8 Å². The molecule has 0 unspecified atom stereocenters. The van der Waals surface area contributed by atoms with Gasteiger partial charge in [0.2, 0.25) is 0 Å². The number of hydrogen-bond donors (Lipinski definition) is 0. The van der Waals surface area contributed by atoms with Crippen LogP contribution in [0.3, 0.4) is 0 Å². The average Bonchev–Trinajstić information content (AvgIpc) is 2.65. The van der Waals surface area contributed by atoms with Gasteiger partial charge in [-0.05, 0) is 35.4 Å². The molecule has 2 heterocycles. The summed E-state index contributed by atoms with van der Waals surface area (Å²) in [7, 11) is 0.